The highest BCUT2D eigenvalue weighted by molar-refractivity contribution is 6.03. The Bertz CT molecular complexity index is 559. The molecule has 1 aliphatic carbocycles. The van der Waals surface area contributed by atoms with Crippen molar-refractivity contribution in [2.24, 2.45) is 5.16 Å². The second-order valence-corrected chi connectivity index (χ2v) is 6.07. The predicted octanol–water partition coefficient (Wildman–Crippen LogP) is 3.72. The number of ether oxygens (including phenoxy) is 1. The van der Waals surface area contributed by atoms with Crippen LogP contribution in [0.15, 0.2) is 23.4 Å². The van der Waals surface area contributed by atoms with E-state index in [2.05, 4.69) is 10.5 Å². The second-order valence-electron chi connectivity index (χ2n) is 6.07. The molecule has 1 aromatic rings. The number of hydrogen-bond donors (Lipinski definition) is 1. The molecule has 114 valence electrons. The maximum absolute atomic E-state index is 11.8. The van der Waals surface area contributed by atoms with Crippen molar-refractivity contribution in [1.29, 1.82) is 0 Å². The lowest BCUT2D eigenvalue weighted by Gasteiger charge is -2.21. The van der Waals surface area contributed by atoms with Gasteiger partial charge in [-0.2, -0.15) is 0 Å². The van der Waals surface area contributed by atoms with Crippen LogP contribution in [0.4, 0.5) is 10.5 Å². The van der Waals surface area contributed by atoms with Crippen molar-refractivity contribution < 1.29 is 14.4 Å². The molecule has 0 saturated heterocycles. The molecular formula is C16H22N2O3. The summed E-state index contributed by atoms with van der Waals surface area (Å²) < 4.78 is 5.25. The van der Waals surface area contributed by atoms with Crippen molar-refractivity contribution >= 4 is 17.5 Å². The number of aryl methyl sites for hydroxylation is 1. The molecule has 0 bridgehead atoms. The predicted molar refractivity (Wildman–Crippen MR) is 82.8 cm³/mol. The average Bonchev–Trinajstić information content (AvgIpc) is 2.36. The van der Waals surface area contributed by atoms with Crippen LogP contribution in [0, 0.1) is 0 Å². The maximum atomic E-state index is 11.8. The van der Waals surface area contributed by atoms with Crippen molar-refractivity contribution in [1.82, 2.24) is 0 Å². The number of nitrogens with zero attached hydrogens (tertiary/aromatic N) is 1. The van der Waals surface area contributed by atoms with E-state index in [-0.39, 0.29) is 0 Å². The van der Waals surface area contributed by atoms with E-state index in [0.717, 1.165) is 36.2 Å². The third-order valence-electron chi connectivity index (χ3n) is 3.12. The molecule has 5 heteroatoms. The number of oxime groups is 1. The SMILES string of the molecule is CON=C1CCCc2cc(NC(=O)OC(C)(C)C)ccc21. The fourth-order valence-electron chi connectivity index (χ4n) is 2.37. The summed E-state index contributed by atoms with van der Waals surface area (Å²) >= 11 is 0. The minimum absolute atomic E-state index is 0.441. The lowest BCUT2D eigenvalue weighted by Crippen LogP contribution is -2.27. The zero-order chi connectivity index (χ0) is 15.5. The van der Waals surface area contributed by atoms with Gasteiger partial charge in [-0.25, -0.2) is 4.79 Å². The Morgan fingerprint density at radius 1 is 1.29 bits per heavy atom. The molecule has 5 nitrogen and oxygen atoms in total. The highest BCUT2D eigenvalue weighted by atomic mass is 16.6. The van der Waals surface area contributed by atoms with Gasteiger partial charge in [0.05, 0.1) is 5.71 Å². The third-order valence-corrected chi connectivity index (χ3v) is 3.12. The van der Waals surface area contributed by atoms with Crippen molar-refractivity contribution in [2.75, 3.05) is 12.4 Å². The summed E-state index contributed by atoms with van der Waals surface area (Å²) in [5, 5.41) is 6.83. The molecule has 1 N–H and O–H groups in total. The van der Waals surface area contributed by atoms with Crippen molar-refractivity contribution in [2.45, 2.75) is 45.6 Å². The van der Waals surface area contributed by atoms with E-state index < -0.39 is 11.7 Å². The van der Waals surface area contributed by atoms with Gasteiger partial charge in [-0.3, -0.25) is 5.32 Å². The van der Waals surface area contributed by atoms with Gasteiger partial charge in [0.1, 0.15) is 12.7 Å². The summed E-state index contributed by atoms with van der Waals surface area (Å²) in [5.41, 5.74) is 3.46. The molecule has 21 heavy (non-hydrogen) atoms. The molecular weight excluding hydrogens is 268 g/mol. The first-order valence-electron chi connectivity index (χ1n) is 7.12. The summed E-state index contributed by atoms with van der Waals surface area (Å²) in [4.78, 5) is 16.7. The van der Waals surface area contributed by atoms with Gasteiger partial charge in [-0.05, 0) is 57.7 Å². The summed E-state index contributed by atoms with van der Waals surface area (Å²) in [6, 6.07) is 5.81. The lowest BCUT2D eigenvalue weighted by molar-refractivity contribution is 0.0636. The normalized spacial score (nSPS) is 16.3. The number of anilines is 1. The topological polar surface area (TPSA) is 59.9 Å². The third kappa shape index (κ3) is 4.21. The van der Waals surface area contributed by atoms with Crippen LogP contribution in [-0.4, -0.2) is 24.5 Å². The van der Waals surface area contributed by atoms with Gasteiger partial charge >= 0.3 is 6.09 Å². The van der Waals surface area contributed by atoms with Gasteiger partial charge in [0.25, 0.3) is 0 Å². The van der Waals surface area contributed by atoms with E-state index >= 15 is 0 Å². The summed E-state index contributed by atoms with van der Waals surface area (Å²) in [5.74, 6) is 0. The van der Waals surface area contributed by atoms with Gasteiger partial charge < -0.3 is 9.57 Å². The molecule has 1 aromatic carbocycles. The Morgan fingerprint density at radius 2 is 2.05 bits per heavy atom. The number of amides is 1. The number of nitrogens with one attached hydrogen (secondary N) is 1. The Kier molecular flexibility index (Phi) is 4.50. The molecule has 0 fully saturated rings. The number of carbonyl (C=O) groups is 1. The first-order valence-corrected chi connectivity index (χ1v) is 7.12. The van der Waals surface area contributed by atoms with Gasteiger partial charge in [-0.15, -0.1) is 0 Å². The first kappa shape index (κ1) is 15.4. The quantitative estimate of drug-likeness (QED) is 0.844. The number of carbonyl (C=O) groups excluding carboxylic acids is 1. The van der Waals surface area contributed by atoms with E-state index in [4.69, 9.17) is 9.57 Å². The molecule has 0 radical (unpaired) electrons. The van der Waals surface area contributed by atoms with Crippen molar-refractivity contribution in [3.8, 4) is 0 Å². The summed E-state index contributed by atoms with van der Waals surface area (Å²) in [6.07, 6.45) is 2.48. The van der Waals surface area contributed by atoms with Gasteiger partial charge in [0, 0.05) is 11.3 Å². The zero-order valence-electron chi connectivity index (χ0n) is 13.0. The van der Waals surface area contributed by atoms with Crippen LogP contribution in [0.25, 0.3) is 0 Å². The number of fused-ring (bicyclic) bond motifs is 1. The number of benzene rings is 1. The smallest absolute Gasteiger partial charge is 0.412 e. The zero-order valence-corrected chi connectivity index (χ0v) is 13.0. The molecule has 1 aliphatic rings. The minimum atomic E-state index is -0.503. The molecule has 0 aromatic heterocycles. The van der Waals surface area contributed by atoms with E-state index in [1.807, 2.05) is 39.0 Å². The minimum Gasteiger partial charge on any atom is -0.444 e. The van der Waals surface area contributed by atoms with Crippen LogP contribution >= 0.6 is 0 Å². The van der Waals surface area contributed by atoms with Gasteiger partial charge in [0.2, 0.25) is 0 Å². The van der Waals surface area contributed by atoms with E-state index in [1.54, 1.807) is 7.11 Å². The van der Waals surface area contributed by atoms with E-state index in [0.29, 0.717) is 0 Å². The van der Waals surface area contributed by atoms with Crippen LogP contribution in [-0.2, 0) is 16.0 Å². The lowest BCUT2D eigenvalue weighted by atomic mass is 9.90. The Morgan fingerprint density at radius 3 is 2.71 bits per heavy atom. The van der Waals surface area contributed by atoms with Crippen molar-refractivity contribution in [3.05, 3.63) is 29.3 Å². The highest BCUT2D eigenvalue weighted by Crippen LogP contribution is 2.25. The van der Waals surface area contributed by atoms with Crippen molar-refractivity contribution in [3.63, 3.8) is 0 Å². The molecule has 0 aliphatic heterocycles. The summed E-state index contributed by atoms with van der Waals surface area (Å²) in [6.45, 7) is 5.52. The first-order chi connectivity index (χ1) is 9.89. The fraction of sp³-hybridized carbons (Fsp3) is 0.500. The van der Waals surface area contributed by atoms with Crippen LogP contribution < -0.4 is 5.32 Å². The molecule has 0 saturated carbocycles. The average molecular weight is 290 g/mol. The summed E-state index contributed by atoms with van der Waals surface area (Å²) in [7, 11) is 1.56. The standard InChI is InChI=1S/C16H22N2O3/c1-16(2,3)21-15(19)17-12-8-9-13-11(10-12)6-5-7-14(13)18-20-4/h8-10H,5-7H2,1-4H3,(H,17,19). The Balaban J connectivity index is 2.14. The Labute approximate surface area is 125 Å². The number of rotatable bonds is 2. The maximum Gasteiger partial charge on any atom is 0.412 e. The van der Waals surface area contributed by atoms with Crippen LogP contribution in [0.5, 0.6) is 0 Å². The molecule has 0 atom stereocenters. The molecule has 2 rings (SSSR count). The monoisotopic (exact) mass is 290 g/mol. The Hall–Kier alpha value is -2.04. The van der Waals surface area contributed by atoms with Gasteiger partial charge in [-0.1, -0.05) is 11.2 Å². The second kappa shape index (κ2) is 6.16. The van der Waals surface area contributed by atoms with E-state index in [1.165, 1.54) is 5.56 Å². The van der Waals surface area contributed by atoms with Crippen LogP contribution in [0.1, 0.15) is 44.7 Å². The highest BCUT2D eigenvalue weighted by Gasteiger charge is 2.19. The fourth-order valence-corrected chi connectivity index (χ4v) is 2.37. The van der Waals surface area contributed by atoms with Crippen LogP contribution in [0.3, 0.4) is 0 Å². The molecule has 1 amide bonds. The van der Waals surface area contributed by atoms with Crippen LogP contribution in [0.2, 0.25) is 0 Å². The van der Waals surface area contributed by atoms with Gasteiger partial charge in [0.15, 0.2) is 0 Å². The number of hydrogen-bond acceptors (Lipinski definition) is 4. The largest absolute Gasteiger partial charge is 0.444 e. The molecule has 0 spiro atoms. The molecule has 0 unspecified atom stereocenters. The van der Waals surface area contributed by atoms with E-state index in [9.17, 15) is 4.79 Å². The molecule has 0 heterocycles.